The zero-order chi connectivity index (χ0) is 21.5. The number of rotatable bonds is 8. The van der Waals surface area contributed by atoms with Gasteiger partial charge in [-0.25, -0.2) is 9.67 Å². The molecule has 1 aromatic heterocycles. The number of aromatic nitrogens is 3. The molecule has 0 amide bonds. The van der Waals surface area contributed by atoms with Crippen LogP contribution in [0.15, 0.2) is 29.3 Å². The summed E-state index contributed by atoms with van der Waals surface area (Å²) in [6, 6.07) is 8.67. The summed E-state index contributed by atoms with van der Waals surface area (Å²) in [5.74, 6) is 4.70. The van der Waals surface area contributed by atoms with Crippen molar-refractivity contribution in [1.29, 1.82) is 0 Å². The van der Waals surface area contributed by atoms with E-state index in [1.165, 1.54) is 5.56 Å². The molecule has 1 aliphatic rings. The Morgan fingerprint density at radius 2 is 2.00 bits per heavy atom. The summed E-state index contributed by atoms with van der Waals surface area (Å²) in [7, 11) is 1.82. The first-order valence-corrected chi connectivity index (χ1v) is 11.1. The van der Waals surface area contributed by atoms with Crippen molar-refractivity contribution in [3.05, 3.63) is 41.5 Å². The quantitative estimate of drug-likeness (QED) is 0.514. The third-order valence-corrected chi connectivity index (χ3v) is 5.17. The Morgan fingerprint density at radius 1 is 1.23 bits per heavy atom. The molecule has 1 unspecified atom stereocenters. The van der Waals surface area contributed by atoms with Crippen molar-refractivity contribution in [3.63, 3.8) is 0 Å². The lowest BCUT2D eigenvalue weighted by molar-refractivity contribution is 0.271. The van der Waals surface area contributed by atoms with E-state index in [9.17, 15) is 0 Å². The number of fused-ring (bicyclic) bond motifs is 1. The van der Waals surface area contributed by atoms with Crippen LogP contribution in [0.4, 0.5) is 0 Å². The highest BCUT2D eigenvalue weighted by Crippen LogP contribution is 2.17. The molecule has 0 spiro atoms. The Labute approximate surface area is 180 Å². The minimum Gasteiger partial charge on any atom is -0.493 e. The maximum atomic E-state index is 5.75. The van der Waals surface area contributed by atoms with Gasteiger partial charge in [-0.3, -0.25) is 4.99 Å². The molecule has 164 valence electrons. The van der Waals surface area contributed by atoms with Gasteiger partial charge in [0.25, 0.3) is 0 Å². The summed E-state index contributed by atoms with van der Waals surface area (Å²) in [6.07, 6.45) is 2.91. The van der Waals surface area contributed by atoms with Crippen molar-refractivity contribution >= 4 is 5.96 Å². The number of benzene rings is 1. The van der Waals surface area contributed by atoms with E-state index < -0.39 is 0 Å². The van der Waals surface area contributed by atoms with Crippen molar-refractivity contribution in [2.24, 2.45) is 10.9 Å². The highest BCUT2D eigenvalue weighted by molar-refractivity contribution is 5.79. The monoisotopic (exact) mass is 412 g/mol. The van der Waals surface area contributed by atoms with Crippen LogP contribution in [-0.4, -0.2) is 47.0 Å². The van der Waals surface area contributed by atoms with E-state index in [-0.39, 0.29) is 0 Å². The number of aryl methyl sites for hydroxylation is 1. The zero-order valence-corrected chi connectivity index (χ0v) is 19.0. The van der Waals surface area contributed by atoms with Crippen LogP contribution in [0.3, 0.4) is 0 Å². The molecule has 30 heavy (non-hydrogen) atoms. The van der Waals surface area contributed by atoms with Crippen LogP contribution in [0.2, 0.25) is 0 Å². The Hall–Kier alpha value is -2.57. The molecular formula is C23H36N6O. The summed E-state index contributed by atoms with van der Waals surface area (Å²) in [5.41, 5.74) is 1.28. The molecule has 7 heteroatoms. The number of guanidine groups is 1. The van der Waals surface area contributed by atoms with Gasteiger partial charge in [-0.1, -0.05) is 39.8 Å². The Kier molecular flexibility index (Phi) is 7.71. The maximum absolute atomic E-state index is 5.75. The SMILES string of the molecule is CN=C(NCCc1ccc(OCC(C)C)cc1)NC1CCc2nc(C(C)C)nn2C1. The molecule has 1 aromatic carbocycles. The van der Waals surface area contributed by atoms with Crippen LogP contribution in [0, 0.1) is 5.92 Å². The summed E-state index contributed by atoms with van der Waals surface area (Å²) >= 11 is 0. The smallest absolute Gasteiger partial charge is 0.191 e. The van der Waals surface area contributed by atoms with Gasteiger partial charge >= 0.3 is 0 Å². The Bertz CT molecular complexity index is 825. The molecule has 2 N–H and O–H groups in total. The molecule has 0 saturated carbocycles. The molecule has 3 rings (SSSR count). The van der Waals surface area contributed by atoms with Gasteiger partial charge in [0.15, 0.2) is 11.8 Å². The van der Waals surface area contributed by atoms with E-state index in [1.807, 2.05) is 23.9 Å². The molecule has 0 saturated heterocycles. The minimum atomic E-state index is 0.308. The van der Waals surface area contributed by atoms with E-state index in [4.69, 9.17) is 4.74 Å². The average molecular weight is 413 g/mol. The fraction of sp³-hybridized carbons (Fsp3) is 0.609. The average Bonchev–Trinajstić information content (AvgIpc) is 3.16. The number of nitrogens with one attached hydrogen (secondary N) is 2. The van der Waals surface area contributed by atoms with Crippen LogP contribution in [0.25, 0.3) is 0 Å². The standard InChI is InChI=1S/C23H36N6O/c1-16(2)15-30-20-9-6-18(7-10-20)12-13-25-23(24-5)26-19-8-11-21-27-22(17(3)4)28-29(21)14-19/h6-7,9-10,16-17,19H,8,11-15H2,1-5H3,(H2,24,25,26). The molecule has 0 bridgehead atoms. The normalized spacial score (nSPS) is 16.6. The fourth-order valence-corrected chi connectivity index (χ4v) is 3.42. The van der Waals surface area contributed by atoms with E-state index in [0.717, 1.165) is 62.3 Å². The summed E-state index contributed by atoms with van der Waals surface area (Å²) < 4.78 is 7.80. The Morgan fingerprint density at radius 3 is 2.67 bits per heavy atom. The first-order chi connectivity index (χ1) is 14.4. The third kappa shape index (κ3) is 6.21. The largest absolute Gasteiger partial charge is 0.493 e. The van der Waals surface area contributed by atoms with Gasteiger partial charge in [0.1, 0.15) is 11.6 Å². The predicted molar refractivity (Wildman–Crippen MR) is 121 cm³/mol. The van der Waals surface area contributed by atoms with Crippen molar-refractivity contribution in [3.8, 4) is 5.75 Å². The number of nitrogens with zero attached hydrogens (tertiary/aromatic N) is 4. The van der Waals surface area contributed by atoms with Gasteiger partial charge in [-0.15, -0.1) is 0 Å². The van der Waals surface area contributed by atoms with E-state index in [2.05, 4.69) is 65.5 Å². The van der Waals surface area contributed by atoms with Crippen molar-refractivity contribution in [1.82, 2.24) is 25.4 Å². The highest BCUT2D eigenvalue weighted by Gasteiger charge is 2.23. The van der Waals surface area contributed by atoms with Gasteiger partial charge in [0, 0.05) is 32.0 Å². The number of ether oxygens (including phenoxy) is 1. The lowest BCUT2D eigenvalue weighted by Crippen LogP contribution is -2.47. The lowest BCUT2D eigenvalue weighted by Gasteiger charge is -2.25. The molecule has 2 heterocycles. The second-order valence-electron chi connectivity index (χ2n) is 8.70. The molecule has 1 atom stereocenters. The molecule has 2 aromatic rings. The van der Waals surface area contributed by atoms with E-state index in [0.29, 0.717) is 17.9 Å². The second-order valence-corrected chi connectivity index (χ2v) is 8.70. The summed E-state index contributed by atoms with van der Waals surface area (Å²) in [5, 5.41) is 11.6. The molecule has 1 aliphatic heterocycles. The van der Waals surface area contributed by atoms with Crippen molar-refractivity contribution < 1.29 is 4.74 Å². The van der Waals surface area contributed by atoms with Gasteiger partial charge in [-0.2, -0.15) is 5.10 Å². The van der Waals surface area contributed by atoms with Crippen LogP contribution >= 0.6 is 0 Å². The third-order valence-electron chi connectivity index (χ3n) is 5.17. The second kappa shape index (κ2) is 10.5. The number of aliphatic imine (C=N–C) groups is 1. The van der Waals surface area contributed by atoms with Gasteiger partial charge in [0.2, 0.25) is 0 Å². The first kappa shape index (κ1) is 22.1. The number of hydrogen-bond donors (Lipinski definition) is 2. The molecule has 0 aliphatic carbocycles. The van der Waals surface area contributed by atoms with Crippen LogP contribution in [0.1, 0.15) is 57.2 Å². The predicted octanol–water partition coefficient (Wildman–Crippen LogP) is 3.16. The van der Waals surface area contributed by atoms with Crippen LogP contribution in [-0.2, 0) is 19.4 Å². The topological polar surface area (TPSA) is 76.4 Å². The van der Waals surface area contributed by atoms with Gasteiger partial charge in [-0.05, 0) is 36.5 Å². The van der Waals surface area contributed by atoms with Crippen molar-refractivity contribution in [2.75, 3.05) is 20.2 Å². The zero-order valence-electron chi connectivity index (χ0n) is 19.0. The molecule has 0 radical (unpaired) electrons. The molecule has 0 fully saturated rings. The lowest BCUT2D eigenvalue weighted by atomic mass is 10.1. The van der Waals surface area contributed by atoms with Crippen LogP contribution < -0.4 is 15.4 Å². The number of hydrogen-bond acceptors (Lipinski definition) is 4. The molecule has 7 nitrogen and oxygen atoms in total. The van der Waals surface area contributed by atoms with Gasteiger partial charge in [0.05, 0.1) is 13.2 Å². The first-order valence-electron chi connectivity index (χ1n) is 11.1. The highest BCUT2D eigenvalue weighted by atomic mass is 16.5. The summed E-state index contributed by atoms with van der Waals surface area (Å²) in [4.78, 5) is 9.05. The minimum absolute atomic E-state index is 0.308. The van der Waals surface area contributed by atoms with E-state index in [1.54, 1.807) is 0 Å². The summed E-state index contributed by atoms with van der Waals surface area (Å²) in [6.45, 7) is 11.0. The fourth-order valence-electron chi connectivity index (χ4n) is 3.42. The maximum Gasteiger partial charge on any atom is 0.191 e. The molecular weight excluding hydrogens is 376 g/mol. The van der Waals surface area contributed by atoms with Crippen LogP contribution in [0.5, 0.6) is 5.75 Å². The van der Waals surface area contributed by atoms with Gasteiger partial charge < -0.3 is 15.4 Å². The van der Waals surface area contributed by atoms with E-state index >= 15 is 0 Å². The van der Waals surface area contributed by atoms with Crippen molar-refractivity contribution in [2.45, 2.75) is 65.5 Å². The Balaban J connectivity index is 1.44.